The van der Waals surface area contributed by atoms with Crippen LogP contribution < -0.4 is 8.61 Å². The molecule has 8 nitrogen and oxygen atoms in total. The van der Waals surface area contributed by atoms with Crippen LogP contribution in [0.3, 0.4) is 0 Å². The third-order valence-electron chi connectivity index (χ3n) is 6.96. The third kappa shape index (κ3) is 3.37. The van der Waals surface area contributed by atoms with Crippen LogP contribution in [0.15, 0.2) is 18.2 Å². The van der Waals surface area contributed by atoms with Gasteiger partial charge in [0.05, 0.1) is 5.69 Å². The van der Waals surface area contributed by atoms with Gasteiger partial charge in [0.1, 0.15) is 11.3 Å². The molecular formula is C21H28F2N4O4S. The van der Waals surface area contributed by atoms with Gasteiger partial charge >= 0.3 is 0 Å². The van der Waals surface area contributed by atoms with Gasteiger partial charge in [-0.15, -0.1) is 0 Å². The number of anilines is 2. The van der Waals surface area contributed by atoms with Gasteiger partial charge in [0.15, 0.2) is 5.82 Å². The van der Waals surface area contributed by atoms with Crippen molar-refractivity contribution in [1.82, 2.24) is 9.88 Å². The highest BCUT2D eigenvalue weighted by molar-refractivity contribution is 8.26. The van der Waals surface area contributed by atoms with Gasteiger partial charge in [-0.3, -0.25) is 13.9 Å². The lowest BCUT2D eigenvalue weighted by atomic mass is 9.99. The summed E-state index contributed by atoms with van der Waals surface area (Å²) in [6, 6.07) is 3.51. The maximum Gasteiger partial charge on any atom is 0.253 e. The molecule has 3 unspecified atom stereocenters. The van der Waals surface area contributed by atoms with E-state index in [0.717, 1.165) is 12.0 Å². The van der Waals surface area contributed by atoms with Crippen LogP contribution in [0.4, 0.5) is 20.3 Å². The normalized spacial score (nSPS) is 30.8. The quantitative estimate of drug-likeness (QED) is 0.621. The van der Waals surface area contributed by atoms with Gasteiger partial charge < -0.3 is 10.0 Å². The summed E-state index contributed by atoms with van der Waals surface area (Å²) in [5.74, 6) is -3.12. The van der Waals surface area contributed by atoms with E-state index >= 15 is 0 Å². The number of allylic oxidation sites excluding steroid dienone is 1. The molecule has 1 aromatic heterocycles. The maximum atomic E-state index is 13.4. The van der Waals surface area contributed by atoms with E-state index in [1.807, 2.05) is 0 Å². The smallest absolute Gasteiger partial charge is 0.253 e. The van der Waals surface area contributed by atoms with E-state index in [4.69, 9.17) is 0 Å². The Bertz CT molecular complexity index is 1010. The number of alkyl halides is 2. The predicted molar refractivity (Wildman–Crippen MR) is 118 cm³/mol. The number of hydrogen-bond acceptors (Lipinski definition) is 7. The van der Waals surface area contributed by atoms with Gasteiger partial charge in [-0.1, -0.05) is 6.08 Å². The average molecular weight is 471 g/mol. The molecule has 32 heavy (non-hydrogen) atoms. The van der Waals surface area contributed by atoms with Gasteiger partial charge in [0.25, 0.3) is 11.8 Å². The van der Waals surface area contributed by atoms with Crippen molar-refractivity contribution >= 4 is 33.9 Å². The molecule has 1 amide bonds. The standard InChI is InChI=1S/C21H28F2N4O4S/c1-20(2,29)19(28)26-9-13-6-12(7-14(13)10-26)16-4-5-17-18(24-16)25(3)32(30,31)27(17)11-15-8-21(15,22)23/h4-6,13-15,29-31H,7-11H2,1-3H3. The zero-order chi connectivity index (χ0) is 23.2. The summed E-state index contributed by atoms with van der Waals surface area (Å²) in [6.45, 7) is 3.97. The molecule has 3 N–H and O–H groups in total. The molecule has 3 heterocycles. The summed E-state index contributed by atoms with van der Waals surface area (Å²) in [5, 5.41) is 10.00. The zero-order valence-corrected chi connectivity index (χ0v) is 19.0. The Morgan fingerprint density at radius 3 is 2.59 bits per heavy atom. The van der Waals surface area contributed by atoms with Gasteiger partial charge in [0.2, 0.25) is 0 Å². The minimum atomic E-state index is -3.43. The Kier molecular flexibility index (Phi) is 4.64. The molecule has 0 bridgehead atoms. The minimum Gasteiger partial charge on any atom is -0.381 e. The van der Waals surface area contributed by atoms with E-state index in [9.17, 15) is 27.8 Å². The highest BCUT2D eigenvalue weighted by Crippen LogP contribution is 2.62. The van der Waals surface area contributed by atoms with Crippen molar-refractivity contribution in [1.29, 1.82) is 0 Å². The molecule has 11 heteroatoms. The topological polar surface area (TPSA) is 100 Å². The minimum absolute atomic E-state index is 0.133. The van der Waals surface area contributed by atoms with Crippen LogP contribution in [0, 0.1) is 17.8 Å². The first-order chi connectivity index (χ1) is 14.8. The molecule has 176 valence electrons. The van der Waals surface area contributed by atoms with Crippen molar-refractivity contribution < 1.29 is 27.8 Å². The monoisotopic (exact) mass is 470 g/mol. The number of halogens is 2. The lowest BCUT2D eigenvalue weighted by Crippen LogP contribution is -2.44. The zero-order valence-electron chi connectivity index (χ0n) is 18.2. The number of aliphatic hydroxyl groups is 1. The number of likely N-dealkylation sites (tertiary alicyclic amines) is 1. The summed E-state index contributed by atoms with van der Waals surface area (Å²) in [5.41, 5.74) is 0.783. The van der Waals surface area contributed by atoms with E-state index in [0.29, 0.717) is 30.3 Å². The molecule has 1 aromatic rings. The first kappa shape index (κ1) is 21.9. The number of hydrogen-bond donors (Lipinski definition) is 3. The Morgan fingerprint density at radius 2 is 2.00 bits per heavy atom. The fraction of sp³-hybridized carbons (Fsp3) is 0.619. The van der Waals surface area contributed by atoms with Crippen LogP contribution in [0.25, 0.3) is 5.57 Å². The van der Waals surface area contributed by atoms with Crippen LogP contribution in [0.2, 0.25) is 0 Å². The molecule has 3 atom stereocenters. The number of nitrogens with zero attached hydrogens (tertiary/aromatic N) is 4. The molecule has 0 aromatic carbocycles. The van der Waals surface area contributed by atoms with E-state index in [2.05, 4.69) is 11.1 Å². The van der Waals surface area contributed by atoms with E-state index in [-0.39, 0.29) is 30.7 Å². The molecule has 2 fully saturated rings. The Balaban J connectivity index is 1.36. The van der Waals surface area contributed by atoms with Gasteiger partial charge in [-0.05, 0) is 60.8 Å². The number of amides is 1. The number of carbonyl (C=O) groups excluding carboxylic acids is 1. The number of carbonyl (C=O) groups is 1. The second kappa shape index (κ2) is 6.78. The molecule has 4 aliphatic rings. The number of rotatable bonds is 4. The summed E-state index contributed by atoms with van der Waals surface area (Å²) in [7, 11) is -1.92. The summed E-state index contributed by atoms with van der Waals surface area (Å²) in [4.78, 5) is 18.7. The van der Waals surface area contributed by atoms with Crippen molar-refractivity contribution in [2.45, 2.75) is 38.2 Å². The largest absolute Gasteiger partial charge is 0.381 e. The van der Waals surface area contributed by atoms with Crippen molar-refractivity contribution in [3.63, 3.8) is 0 Å². The molecule has 2 aliphatic carbocycles. The fourth-order valence-corrected chi connectivity index (χ4v) is 6.41. The highest BCUT2D eigenvalue weighted by atomic mass is 32.3. The van der Waals surface area contributed by atoms with Gasteiger partial charge in [0, 0.05) is 39.0 Å². The summed E-state index contributed by atoms with van der Waals surface area (Å²) in [6.07, 6.45) is 2.59. The first-order valence-electron chi connectivity index (χ1n) is 10.7. The number of fused-ring (bicyclic) bond motifs is 2. The second-order valence-corrected chi connectivity index (χ2v) is 11.8. The van der Waals surface area contributed by atoms with E-state index in [1.165, 1.54) is 29.5 Å². The molecular weight excluding hydrogens is 442 g/mol. The lowest BCUT2D eigenvalue weighted by Gasteiger charge is -2.41. The average Bonchev–Trinajstić information content (AvgIpc) is 3.00. The first-order valence-corrected chi connectivity index (χ1v) is 12.2. The van der Waals surface area contributed by atoms with Crippen LogP contribution in [-0.4, -0.2) is 68.2 Å². The SMILES string of the molecule is CN1c2nc(C3=CC4CN(C(=O)C(C)(C)O)CC4C3)ccc2N(CC2CC2(F)F)S1(O)O. The van der Waals surface area contributed by atoms with Crippen LogP contribution in [-0.2, 0) is 4.79 Å². The molecule has 2 aliphatic heterocycles. The van der Waals surface area contributed by atoms with Crippen LogP contribution in [0.5, 0.6) is 0 Å². The van der Waals surface area contributed by atoms with Crippen LogP contribution >= 0.6 is 11.0 Å². The molecule has 1 saturated heterocycles. The third-order valence-corrected chi connectivity index (χ3v) is 8.80. The van der Waals surface area contributed by atoms with Crippen molar-refractivity contribution in [3.8, 4) is 0 Å². The van der Waals surface area contributed by atoms with Crippen molar-refractivity contribution in [2.24, 2.45) is 17.8 Å². The summed E-state index contributed by atoms with van der Waals surface area (Å²) < 4.78 is 50.7. The lowest BCUT2D eigenvalue weighted by molar-refractivity contribution is -0.146. The molecule has 1 saturated carbocycles. The van der Waals surface area contributed by atoms with Gasteiger partial charge in [-0.25, -0.2) is 22.4 Å². The molecule has 5 rings (SSSR count). The molecule has 0 radical (unpaired) electrons. The van der Waals surface area contributed by atoms with E-state index < -0.39 is 28.4 Å². The Labute approximate surface area is 187 Å². The van der Waals surface area contributed by atoms with Crippen molar-refractivity contribution in [2.75, 3.05) is 35.3 Å². The van der Waals surface area contributed by atoms with Crippen molar-refractivity contribution in [3.05, 3.63) is 23.9 Å². The van der Waals surface area contributed by atoms with E-state index in [1.54, 1.807) is 17.0 Å². The van der Waals surface area contributed by atoms with Crippen LogP contribution in [0.1, 0.15) is 32.4 Å². The number of pyridine rings is 1. The number of aromatic nitrogens is 1. The van der Waals surface area contributed by atoms with Gasteiger partial charge in [-0.2, -0.15) is 0 Å². The fourth-order valence-electron chi connectivity index (χ4n) is 4.96. The second-order valence-electron chi connectivity index (χ2n) is 9.84. The maximum absolute atomic E-state index is 13.4. The predicted octanol–water partition coefficient (Wildman–Crippen LogP) is 3.21. The summed E-state index contributed by atoms with van der Waals surface area (Å²) >= 11 is 0. The molecule has 0 spiro atoms. The Morgan fingerprint density at radius 1 is 1.31 bits per heavy atom. The highest BCUT2D eigenvalue weighted by Gasteiger charge is 2.59. The Hall–Kier alpha value is -1.95.